The van der Waals surface area contributed by atoms with Crippen molar-refractivity contribution in [3.05, 3.63) is 64.0 Å². The quantitative estimate of drug-likeness (QED) is 0.764. The smallest absolute Gasteiger partial charge is 0.294 e. The minimum Gasteiger partial charge on any atom is -0.497 e. The summed E-state index contributed by atoms with van der Waals surface area (Å²) in [7, 11) is 1.55. The number of halogens is 1. The maximum absolute atomic E-state index is 12.5. The Morgan fingerprint density at radius 3 is 2.56 bits per heavy atom. The van der Waals surface area contributed by atoms with E-state index < -0.39 is 17.1 Å². The standard InChI is InChI=1S/C19H15ClN2O4S/c1-26-14-8-6-13(7-9-14)21-17(23)11-22-18(24)16(27-19(22)25)10-12-4-2-3-5-15(12)20/h2-10H,11H2,1H3,(H,21,23)/b16-10-. The molecule has 6 nitrogen and oxygen atoms in total. The number of benzene rings is 2. The number of hydrogen-bond acceptors (Lipinski definition) is 5. The number of carbonyl (C=O) groups is 3. The van der Waals surface area contributed by atoms with Crippen LogP contribution in [0.4, 0.5) is 10.5 Å². The Morgan fingerprint density at radius 2 is 1.89 bits per heavy atom. The highest BCUT2D eigenvalue weighted by Gasteiger charge is 2.36. The first-order valence-corrected chi connectivity index (χ1v) is 9.11. The predicted molar refractivity (Wildman–Crippen MR) is 106 cm³/mol. The number of rotatable bonds is 5. The Hall–Kier alpha value is -2.77. The second-order valence-corrected chi connectivity index (χ2v) is 6.97. The van der Waals surface area contributed by atoms with Crippen molar-refractivity contribution in [2.75, 3.05) is 19.0 Å². The number of amides is 3. The highest BCUT2D eigenvalue weighted by atomic mass is 35.5. The molecule has 0 saturated carbocycles. The van der Waals surface area contributed by atoms with Gasteiger partial charge < -0.3 is 10.1 Å². The lowest BCUT2D eigenvalue weighted by atomic mass is 10.2. The Labute approximate surface area is 165 Å². The first-order valence-electron chi connectivity index (χ1n) is 7.92. The van der Waals surface area contributed by atoms with Crippen molar-refractivity contribution < 1.29 is 19.1 Å². The zero-order valence-corrected chi connectivity index (χ0v) is 15.8. The predicted octanol–water partition coefficient (Wildman–Crippen LogP) is 4.02. The summed E-state index contributed by atoms with van der Waals surface area (Å²) >= 11 is 6.86. The lowest BCUT2D eigenvalue weighted by Gasteiger charge is -2.12. The molecule has 0 radical (unpaired) electrons. The van der Waals surface area contributed by atoms with Crippen molar-refractivity contribution in [1.82, 2.24) is 4.90 Å². The molecule has 8 heteroatoms. The van der Waals surface area contributed by atoms with Gasteiger partial charge in [0, 0.05) is 10.7 Å². The van der Waals surface area contributed by atoms with Gasteiger partial charge in [0.15, 0.2) is 0 Å². The van der Waals surface area contributed by atoms with Gasteiger partial charge in [0.1, 0.15) is 12.3 Å². The van der Waals surface area contributed by atoms with Gasteiger partial charge in [-0.15, -0.1) is 0 Å². The highest BCUT2D eigenvalue weighted by molar-refractivity contribution is 8.18. The van der Waals surface area contributed by atoms with Gasteiger partial charge in [-0.2, -0.15) is 0 Å². The Morgan fingerprint density at radius 1 is 1.19 bits per heavy atom. The monoisotopic (exact) mass is 402 g/mol. The molecule has 0 bridgehead atoms. The lowest BCUT2D eigenvalue weighted by molar-refractivity contribution is -0.127. The number of carbonyl (C=O) groups excluding carboxylic acids is 3. The summed E-state index contributed by atoms with van der Waals surface area (Å²) in [6, 6.07) is 13.7. The normalized spacial score (nSPS) is 15.3. The molecule has 1 saturated heterocycles. The molecule has 3 rings (SSSR count). The molecule has 0 aliphatic carbocycles. The van der Waals surface area contributed by atoms with E-state index in [2.05, 4.69) is 5.32 Å². The molecule has 1 aliphatic heterocycles. The van der Waals surface area contributed by atoms with Gasteiger partial charge in [0.2, 0.25) is 5.91 Å². The largest absolute Gasteiger partial charge is 0.497 e. The molecule has 0 unspecified atom stereocenters. The van der Waals surface area contributed by atoms with Gasteiger partial charge in [0.05, 0.1) is 12.0 Å². The van der Waals surface area contributed by atoms with E-state index >= 15 is 0 Å². The number of nitrogens with one attached hydrogen (secondary N) is 1. The van der Waals surface area contributed by atoms with Crippen molar-refractivity contribution in [3.8, 4) is 5.75 Å². The zero-order chi connectivity index (χ0) is 19.4. The first kappa shape index (κ1) is 19.0. The summed E-state index contributed by atoms with van der Waals surface area (Å²) in [4.78, 5) is 37.9. The third-order valence-corrected chi connectivity index (χ3v) is 4.99. The number of anilines is 1. The second-order valence-electron chi connectivity index (χ2n) is 5.57. The minimum absolute atomic E-state index is 0.227. The van der Waals surface area contributed by atoms with Crippen molar-refractivity contribution >= 4 is 52.2 Å². The zero-order valence-electron chi connectivity index (χ0n) is 14.3. The Kier molecular flexibility index (Phi) is 5.83. The van der Waals surface area contributed by atoms with E-state index in [-0.39, 0.29) is 11.4 Å². The Bertz CT molecular complexity index is 928. The molecule has 1 heterocycles. The molecule has 0 spiro atoms. The maximum atomic E-state index is 12.5. The van der Waals surface area contributed by atoms with E-state index in [0.717, 1.165) is 16.7 Å². The van der Waals surface area contributed by atoms with Crippen LogP contribution in [0.2, 0.25) is 5.02 Å². The third-order valence-electron chi connectivity index (χ3n) is 3.74. The van der Waals surface area contributed by atoms with Gasteiger partial charge in [-0.05, 0) is 53.7 Å². The van der Waals surface area contributed by atoms with Crippen molar-refractivity contribution in [1.29, 1.82) is 0 Å². The highest BCUT2D eigenvalue weighted by Crippen LogP contribution is 2.33. The molecule has 3 amide bonds. The minimum atomic E-state index is -0.519. The van der Waals surface area contributed by atoms with E-state index in [1.807, 2.05) is 0 Å². The molecule has 0 atom stereocenters. The second kappa shape index (κ2) is 8.28. The summed E-state index contributed by atoms with van der Waals surface area (Å²) in [5.74, 6) is -0.333. The van der Waals surface area contributed by atoms with Crippen LogP contribution in [-0.4, -0.2) is 35.6 Å². The van der Waals surface area contributed by atoms with Crippen LogP contribution in [0.1, 0.15) is 5.56 Å². The lowest BCUT2D eigenvalue weighted by Crippen LogP contribution is -2.36. The molecule has 138 valence electrons. The van der Waals surface area contributed by atoms with Crippen LogP contribution in [-0.2, 0) is 9.59 Å². The fraction of sp³-hybridized carbons (Fsp3) is 0.105. The molecular weight excluding hydrogens is 388 g/mol. The number of ether oxygens (including phenoxy) is 1. The fourth-order valence-electron chi connectivity index (χ4n) is 2.39. The summed E-state index contributed by atoms with van der Waals surface area (Å²) < 4.78 is 5.05. The fourth-order valence-corrected chi connectivity index (χ4v) is 3.41. The number of methoxy groups -OCH3 is 1. The number of nitrogens with zero attached hydrogens (tertiary/aromatic N) is 1. The molecule has 1 N–H and O–H groups in total. The van der Waals surface area contributed by atoms with Gasteiger partial charge in [-0.25, -0.2) is 0 Å². The average molecular weight is 403 g/mol. The van der Waals surface area contributed by atoms with Gasteiger partial charge >= 0.3 is 0 Å². The number of imide groups is 1. The molecule has 2 aromatic carbocycles. The number of hydrogen-bond donors (Lipinski definition) is 1. The van der Waals surface area contributed by atoms with Crippen molar-refractivity contribution in [2.45, 2.75) is 0 Å². The summed E-state index contributed by atoms with van der Waals surface area (Å²) in [5, 5.41) is 2.62. The van der Waals surface area contributed by atoms with E-state index in [0.29, 0.717) is 22.0 Å². The maximum Gasteiger partial charge on any atom is 0.294 e. The summed E-state index contributed by atoms with van der Waals surface area (Å²) in [6.45, 7) is -0.365. The van der Waals surface area contributed by atoms with Crippen LogP contribution in [0.3, 0.4) is 0 Å². The molecule has 0 aromatic heterocycles. The van der Waals surface area contributed by atoms with Gasteiger partial charge in [-0.1, -0.05) is 29.8 Å². The number of thioether (sulfide) groups is 1. The van der Waals surface area contributed by atoms with E-state index in [9.17, 15) is 14.4 Å². The topological polar surface area (TPSA) is 75.7 Å². The SMILES string of the molecule is COc1ccc(NC(=O)CN2C(=O)S/C(=C\c3ccccc3Cl)C2=O)cc1. The van der Waals surface area contributed by atoms with E-state index in [1.165, 1.54) is 0 Å². The molecular formula is C19H15ClN2O4S. The van der Waals surface area contributed by atoms with E-state index in [4.69, 9.17) is 16.3 Å². The summed E-state index contributed by atoms with van der Waals surface area (Å²) in [5.41, 5.74) is 1.17. The van der Waals surface area contributed by atoms with Crippen LogP contribution in [0, 0.1) is 0 Å². The van der Waals surface area contributed by atoms with Crippen molar-refractivity contribution in [2.24, 2.45) is 0 Å². The van der Waals surface area contributed by atoms with Crippen LogP contribution in [0.5, 0.6) is 5.75 Å². The third kappa shape index (κ3) is 4.50. The first-order chi connectivity index (χ1) is 13.0. The molecule has 1 aliphatic rings. The van der Waals surface area contributed by atoms with Crippen LogP contribution in [0.25, 0.3) is 6.08 Å². The van der Waals surface area contributed by atoms with E-state index in [1.54, 1.807) is 61.7 Å². The summed E-state index contributed by atoms with van der Waals surface area (Å²) in [6.07, 6.45) is 1.55. The molecule has 27 heavy (non-hydrogen) atoms. The van der Waals surface area contributed by atoms with Crippen molar-refractivity contribution in [3.63, 3.8) is 0 Å². The average Bonchev–Trinajstić information content (AvgIpc) is 2.91. The van der Waals surface area contributed by atoms with Crippen LogP contribution >= 0.6 is 23.4 Å². The van der Waals surface area contributed by atoms with Crippen LogP contribution < -0.4 is 10.1 Å². The molecule has 1 fully saturated rings. The van der Waals surface area contributed by atoms with Crippen LogP contribution in [0.15, 0.2) is 53.4 Å². The molecule has 2 aromatic rings. The Balaban J connectivity index is 1.68. The van der Waals surface area contributed by atoms with Gasteiger partial charge in [-0.3, -0.25) is 19.3 Å². The van der Waals surface area contributed by atoms with Gasteiger partial charge in [0.25, 0.3) is 11.1 Å².